The molecule has 0 aromatic heterocycles. The third-order valence-corrected chi connectivity index (χ3v) is 4.08. The topological polar surface area (TPSA) is 131 Å². The number of hydrogen-bond donors (Lipinski definition) is 3. The predicted octanol–water partition coefficient (Wildman–Crippen LogP) is 2.43. The van der Waals surface area contributed by atoms with Crippen molar-refractivity contribution in [3.8, 4) is 0 Å². The summed E-state index contributed by atoms with van der Waals surface area (Å²) < 4.78 is 4.85. The number of carboxylic acids is 1. The first kappa shape index (κ1) is 20.8. The molecule has 3 N–H and O–H groups in total. The summed E-state index contributed by atoms with van der Waals surface area (Å²) in [6.45, 7) is 1.41. The average molecular weight is 387 g/mol. The molecule has 28 heavy (non-hydrogen) atoms. The monoisotopic (exact) mass is 387 g/mol. The van der Waals surface area contributed by atoms with Crippen molar-refractivity contribution < 1.29 is 24.4 Å². The second-order valence-corrected chi connectivity index (χ2v) is 6.35. The van der Waals surface area contributed by atoms with Crippen LogP contribution in [0.1, 0.15) is 22.8 Å². The Bertz CT molecular complexity index is 871. The van der Waals surface area contributed by atoms with E-state index >= 15 is 0 Å². The van der Waals surface area contributed by atoms with Crippen molar-refractivity contribution in [2.75, 3.05) is 19.0 Å². The Labute approximate surface area is 161 Å². The third-order valence-electron chi connectivity index (χ3n) is 4.08. The number of carbonyl (C=O) groups is 2. The number of carboxylic acid groups (broad SMARTS) is 1. The summed E-state index contributed by atoms with van der Waals surface area (Å²) in [5.41, 5.74) is -0.781. The van der Waals surface area contributed by atoms with Crippen LogP contribution in [-0.4, -0.2) is 41.2 Å². The van der Waals surface area contributed by atoms with Gasteiger partial charge in [-0.1, -0.05) is 30.3 Å². The lowest BCUT2D eigenvalue weighted by atomic mass is 10.0. The number of anilines is 1. The highest BCUT2D eigenvalue weighted by Gasteiger charge is 2.35. The molecule has 0 radical (unpaired) electrons. The molecule has 2 rings (SSSR count). The van der Waals surface area contributed by atoms with Crippen LogP contribution in [0, 0.1) is 10.1 Å². The van der Waals surface area contributed by atoms with Crippen molar-refractivity contribution in [2.24, 2.45) is 0 Å². The van der Waals surface area contributed by atoms with Crippen LogP contribution in [0.15, 0.2) is 48.5 Å². The van der Waals surface area contributed by atoms with Crippen molar-refractivity contribution in [3.63, 3.8) is 0 Å². The zero-order valence-electron chi connectivity index (χ0n) is 15.5. The molecule has 9 heteroatoms. The summed E-state index contributed by atoms with van der Waals surface area (Å²) in [5, 5.41) is 26.1. The van der Waals surface area contributed by atoms with Gasteiger partial charge in [-0.25, -0.2) is 4.79 Å². The van der Waals surface area contributed by atoms with Crippen molar-refractivity contribution in [1.82, 2.24) is 5.32 Å². The van der Waals surface area contributed by atoms with Crippen LogP contribution in [0.4, 0.5) is 11.4 Å². The van der Waals surface area contributed by atoms with E-state index in [2.05, 4.69) is 10.6 Å². The van der Waals surface area contributed by atoms with Crippen molar-refractivity contribution >= 4 is 23.3 Å². The van der Waals surface area contributed by atoms with E-state index in [-0.39, 0.29) is 23.5 Å². The largest absolute Gasteiger partial charge is 0.479 e. The molecule has 0 heterocycles. The number of benzene rings is 2. The SMILES string of the molecule is COCC(C)(NC(=O)c1ccc(NCc2ccccc2)c([N+](=O)[O-])c1)C(=O)O. The van der Waals surface area contributed by atoms with Gasteiger partial charge in [-0.2, -0.15) is 0 Å². The van der Waals surface area contributed by atoms with Gasteiger partial charge in [-0.05, 0) is 24.6 Å². The Morgan fingerprint density at radius 3 is 2.46 bits per heavy atom. The number of nitro groups is 1. The van der Waals surface area contributed by atoms with Gasteiger partial charge in [0, 0.05) is 25.3 Å². The quantitative estimate of drug-likeness (QED) is 0.445. The lowest BCUT2D eigenvalue weighted by Gasteiger charge is -2.25. The Hall–Kier alpha value is -3.46. The predicted molar refractivity (Wildman–Crippen MR) is 102 cm³/mol. The van der Waals surface area contributed by atoms with Gasteiger partial charge in [0.15, 0.2) is 5.54 Å². The molecule has 1 unspecified atom stereocenters. The number of hydrogen-bond acceptors (Lipinski definition) is 6. The maximum absolute atomic E-state index is 12.4. The lowest BCUT2D eigenvalue weighted by Crippen LogP contribution is -2.55. The van der Waals surface area contributed by atoms with Gasteiger partial charge in [0.25, 0.3) is 11.6 Å². The molecular formula is C19H21N3O6. The van der Waals surface area contributed by atoms with Crippen molar-refractivity contribution in [2.45, 2.75) is 19.0 Å². The smallest absolute Gasteiger partial charge is 0.331 e. The normalized spacial score (nSPS) is 12.6. The van der Waals surface area contributed by atoms with E-state index in [0.717, 1.165) is 11.6 Å². The molecule has 2 aromatic rings. The van der Waals surface area contributed by atoms with Crippen molar-refractivity contribution in [1.29, 1.82) is 0 Å². The maximum atomic E-state index is 12.4. The summed E-state index contributed by atoms with van der Waals surface area (Å²) >= 11 is 0. The highest BCUT2D eigenvalue weighted by molar-refractivity contribution is 5.99. The van der Waals surface area contributed by atoms with Crippen LogP contribution in [0.5, 0.6) is 0 Å². The number of nitrogens with one attached hydrogen (secondary N) is 2. The van der Waals surface area contributed by atoms with Gasteiger partial charge in [-0.3, -0.25) is 14.9 Å². The fraction of sp³-hybridized carbons (Fsp3) is 0.263. The zero-order chi connectivity index (χ0) is 20.7. The number of aliphatic carboxylic acids is 1. The van der Waals surface area contributed by atoms with Crippen LogP contribution in [-0.2, 0) is 16.1 Å². The molecule has 0 saturated carbocycles. The van der Waals surface area contributed by atoms with E-state index in [1.165, 1.54) is 26.2 Å². The number of nitro benzene ring substituents is 1. The van der Waals surface area contributed by atoms with E-state index in [0.29, 0.717) is 6.54 Å². The van der Waals surface area contributed by atoms with E-state index in [1.54, 1.807) is 0 Å². The molecule has 0 bridgehead atoms. The van der Waals surface area contributed by atoms with Crippen LogP contribution < -0.4 is 10.6 Å². The first-order valence-electron chi connectivity index (χ1n) is 8.38. The number of rotatable bonds is 9. The minimum Gasteiger partial charge on any atom is -0.479 e. The number of nitrogens with zero attached hydrogens (tertiary/aromatic N) is 1. The Kier molecular flexibility index (Phi) is 6.67. The van der Waals surface area contributed by atoms with Gasteiger partial charge in [-0.15, -0.1) is 0 Å². The maximum Gasteiger partial charge on any atom is 0.331 e. The summed E-state index contributed by atoms with van der Waals surface area (Å²) in [6, 6.07) is 13.3. The summed E-state index contributed by atoms with van der Waals surface area (Å²) in [7, 11) is 1.31. The standard InChI is InChI=1S/C19H21N3O6/c1-19(12-28-2,18(24)25)21-17(23)14-8-9-15(16(10-14)22(26)27)20-11-13-6-4-3-5-7-13/h3-10,20H,11-12H2,1-2H3,(H,21,23)(H,24,25). The second-order valence-electron chi connectivity index (χ2n) is 6.35. The fourth-order valence-electron chi connectivity index (χ4n) is 2.53. The molecular weight excluding hydrogens is 366 g/mol. The average Bonchev–Trinajstić information content (AvgIpc) is 2.67. The zero-order valence-corrected chi connectivity index (χ0v) is 15.5. The van der Waals surface area contributed by atoms with E-state index in [1.807, 2.05) is 30.3 Å². The molecule has 0 fully saturated rings. The number of amides is 1. The first-order chi connectivity index (χ1) is 13.3. The van der Waals surface area contributed by atoms with Crippen LogP contribution in [0.25, 0.3) is 0 Å². The van der Waals surface area contributed by atoms with Crippen LogP contribution >= 0.6 is 0 Å². The van der Waals surface area contributed by atoms with E-state index in [9.17, 15) is 24.8 Å². The van der Waals surface area contributed by atoms with Gasteiger partial charge in [0.2, 0.25) is 0 Å². The Morgan fingerprint density at radius 2 is 1.89 bits per heavy atom. The molecule has 2 aromatic carbocycles. The number of ether oxygens (including phenoxy) is 1. The molecule has 9 nitrogen and oxygen atoms in total. The fourth-order valence-corrected chi connectivity index (χ4v) is 2.53. The van der Waals surface area contributed by atoms with Crippen LogP contribution in [0.2, 0.25) is 0 Å². The molecule has 1 atom stereocenters. The number of carbonyl (C=O) groups excluding carboxylic acids is 1. The molecule has 0 aliphatic carbocycles. The van der Waals surface area contributed by atoms with Gasteiger partial charge >= 0.3 is 5.97 Å². The Balaban J connectivity index is 2.22. The third kappa shape index (κ3) is 5.04. The van der Waals surface area contributed by atoms with Gasteiger partial charge in [0.1, 0.15) is 5.69 Å². The van der Waals surface area contributed by atoms with Crippen molar-refractivity contribution in [3.05, 3.63) is 69.8 Å². The first-order valence-corrected chi connectivity index (χ1v) is 8.38. The van der Waals surface area contributed by atoms with E-state index in [4.69, 9.17) is 4.74 Å². The minimum absolute atomic E-state index is 0.0273. The molecule has 0 aliphatic rings. The van der Waals surface area contributed by atoms with E-state index < -0.39 is 22.3 Å². The molecule has 148 valence electrons. The summed E-state index contributed by atoms with van der Waals surface area (Å²) in [6.07, 6.45) is 0. The highest BCUT2D eigenvalue weighted by atomic mass is 16.6. The number of methoxy groups -OCH3 is 1. The van der Waals surface area contributed by atoms with Crippen LogP contribution in [0.3, 0.4) is 0 Å². The molecule has 0 saturated heterocycles. The Morgan fingerprint density at radius 1 is 1.21 bits per heavy atom. The minimum atomic E-state index is -1.66. The molecule has 1 amide bonds. The lowest BCUT2D eigenvalue weighted by molar-refractivity contribution is -0.384. The van der Waals surface area contributed by atoms with Gasteiger partial charge in [0.05, 0.1) is 11.5 Å². The summed E-state index contributed by atoms with van der Waals surface area (Å²) in [4.78, 5) is 34.7. The molecule has 0 spiro atoms. The second kappa shape index (κ2) is 8.96. The molecule has 0 aliphatic heterocycles. The summed E-state index contributed by atoms with van der Waals surface area (Å²) in [5.74, 6) is -2.03. The highest BCUT2D eigenvalue weighted by Crippen LogP contribution is 2.26. The van der Waals surface area contributed by atoms with Gasteiger partial charge < -0.3 is 20.5 Å².